The first-order chi connectivity index (χ1) is 9.13. The fourth-order valence-electron chi connectivity index (χ4n) is 1.65. The molecule has 5 heteroatoms. The van der Waals surface area contributed by atoms with E-state index in [1.807, 2.05) is 0 Å². The average molecular weight is 280 g/mol. The van der Waals surface area contributed by atoms with Crippen LogP contribution in [0.3, 0.4) is 0 Å². The Morgan fingerprint density at radius 1 is 1.21 bits per heavy atom. The highest BCUT2D eigenvalue weighted by Crippen LogP contribution is 2.32. The number of halogens is 2. The zero-order valence-corrected chi connectivity index (χ0v) is 10.9. The summed E-state index contributed by atoms with van der Waals surface area (Å²) in [4.78, 5) is 12.0. The first-order valence-corrected chi connectivity index (χ1v) is 5.89. The van der Waals surface area contributed by atoms with E-state index in [-0.39, 0.29) is 5.56 Å². The molecule has 1 N–H and O–H groups in total. The minimum atomic E-state index is -0.582. The number of hydrogen-bond donors (Lipinski definition) is 1. The summed E-state index contributed by atoms with van der Waals surface area (Å²) in [5, 5.41) is 2.94. The van der Waals surface area contributed by atoms with Crippen LogP contribution < -0.4 is 10.1 Å². The van der Waals surface area contributed by atoms with Gasteiger partial charge in [-0.1, -0.05) is 29.8 Å². The second-order valence-corrected chi connectivity index (χ2v) is 4.16. The van der Waals surface area contributed by atoms with Gasteiger partial charge in [-0.2, -0.15) is 0 Å². The Morgan fingerprint density at radius 2 is 1.95 bits per heavy atom. The molecule has 0 aliphatic rings. The third-order valence-corrected chi connectivity index (χ3v) is 2.84. The molecule has 0 spiro atoms. The van der Waals surface area contributed by atoms with Gasteiger partial charge in [0.15, 0.2) is 5.75 Å². The molecule has 0 aliphatic carbocycles. The van der Waals surface area contributed by atoms with Gasteiger partial charge in [0, 0.05) is 0 Å². The van der Waals surface area contributed by atoms with E-state index in [1.54, 1.807) is 24.3 Å². The quantitative estimate of drug-likeness (QED) is 0.929. The van der Waals surface area contributed by atoms with Gasteiger partial charge in [-0.05, 0) is 24.3 Å². The van der Waals surface area contributed by atoms with E-state index in [9.17, 15) is 9.18 Å². The lowest BCUT2D eigenvalue weighted by Crippen LogP contribution is -2.14. The van der Waals surface area contributed by atoms with Crippen LogP contribution in [0, 0.1) is 5.82 Å². The van der Waals surface area contributed by atoms with Crippen molar-refractivity contribution in [2.45, 2.75) is 0 Å². The standard InChI is InChI=1S/C14H11ClFNO2/c1-19-13-10(15)6-4-8-12(13)17-14(18)9-5-2-3-7-11(9)16/h2-8H,1H3,(H,17,18). The predicted octanol–water partition coefficient (Wildman–Crippen LogP) is 3.74. The highest BCUT2D eigenvalue weighted by molar-refractivity contribution is 6.32. The first-order valence-electron chi connectivity index (χ1n) is 5.52. The number of nitrogens with one attached hydrogen (secondary N) is 1. The number of hydrogen-bond acceptors (Lipinski definition) is 2. The largest absolute Gasteiger partial charge is 0.493 e. The van der Waals surface area contributed by atoms with Crippen LogP contribution in [0.15, 0.2) is 42.5 Å². The smallest absolute Gasteiger partial charge is 0.258 e. The minimum absolute atomic E-state index is 0.0375. The van der Waals surface area contributed by atoms with Crippen LogP contribution in [-0.2, 0) is 0 Å². The molecule has 3 nitrogen and oxygen atoms in total. The number of amides is 1. The summed E-state index contributed by atoms with van der Waals surface area (Å²) in [6.07, 6.45) is 0. The molecule has 2 aromatic carbocycles. The van der Waals surface area contributed by atoms with Gasteiger partial charge in [-0.15, -0.1) is 0 Å². The zero-order valence-electron chi connectivity index (χ0n) is 10.1. The van der Waals surface area contributed by atoms with Crippen molar-refractivity contribution in [3.05, 3.63) is 58.9 Å². The number of ether oxygens (including phenoxy) is 1. The van der Waals surface area contributed by atoms with Crippen molar-refractivity contribution < 1.29 is 13.9 Å². The second kappa shape index (κ2) is 5.71. The summed E-state index contributed by atoms with van der Waals surface area (Å²) in [5.74, 6) is -0.798. The maximum absolute atomic E-state index is 13.5. The van der Waals surface area contributed by atoms with Crippen LogP contribution in [0.1, 0.15) is 10.4 Å². The van der Waals surface area contributed by atoms with Gasteiger partial charge in [-0.25, -0.2) is 4.39 Å². The molecule has 0 aromatic heterocycles. The molecule has 0 radical (unpaired) electrons. The third kappa shape index (κ3) is 2.85. The molecule has 0 saturated heterocycles. The second-order valence-electron chi connectivity index (χ2n) is 3.75. The summed E-state index contributed by atoms with van der Waals surface area (Å²) < 4.78 is 18.6. The summed E-state index contributed by atoms with van der Waals surface area (Å²) >= 11 is 5.94. The molecule has 98 valence electrons. The third-order valence-electron chi connectivity index (χ3n) is 2.54. The van der Waals surface area contributed by atoms with Crippen molar-refractivity contribution in [2.24, 2.45) is 0 Å². The Labute approximate surface area is 115 Å². The number of carbonyl (C=O) groups is 1. The van der Waals surface area contributed by atoms with E-state index in [2.05, 4.69) is 5.32 Å². The molecule has 0 fully saturated rings. The Kier molecular flexibility index (Phi) is 4.02. The molecule has 1 amide bonds. The van der Waals surface area contributed by atoms with Crippen molar-refractivity contribution in [1.82, 2.24) is 0 Å². The lowest BCUT2D eigenvalue weighted by Gasteiger charge is -2.11. The molecule has 19 heavy (non-hydrogen) atoms. The molecular weight excluding hydrogens is 269 g/mol. The maximum Gasteiger partial charge on any atom is 0.258 e. The summed E-state index contributed by atoms with van der Waals surface area (Å²) in [7, 11) is 1.44. The summed E-state index contributed by atoms with van der Waals surface area (Å²) in [6.45, 7) is 0. The van der Waals surface area contributed by atoms with Crippen LogP contribution in [0.2, 0.25) is 5.02 Å². The fourth-order valence-corrected chi connectivity index (χ4v) is 1.90. The molecule has 2 aromatic rings. The van der Waals surface area contributed by atoms with Crippen LogP contribution >= 0.6 is 11.6 Å². The molecule has 2 rings (SSSR count). The van der Waals surface area contributed by atoms with E-state index < -0.39 is 11.7 Å². The number of methoxy groups -OCH3 is 1. The first kappa shape index (κ1) is 13.4. The van der Waals surface area contributed by atoms with Crippen molar-refractivity contribution in [3.8, 4) is 5.75 Å². The maximum atomic E-state index is 13.5. The van der Waals surface area contributed by atoms with Gasteiger partial charge < -0.3 is 10.1 Å². The molecule has 0 unspecified atom stereocenters. The Morgan fingerprint density at radius 3 is 2.63 bits per heavy atom. The van der Waals surface area contributed by atoms with Crippen molar-refractivity contribution in [3.63, 3.8) is 0 Å². The topological polar surface area (TPSA) is 38.3 Å². The van der Waals surface area contributed by atoms with Crippen molar-refractivity contribution in [2.75, 3.05) is 12.4 Å². The van der Waals surface area contributed by atoms with Gasteiger partial charge in [0.05, 0.1) is 23.4 Å². The number of rotatable bonds is 3. The van der Waals surface area contributed by atoms with E-state index in [4.69, 9.17) is 16.3 Å². The Hall–Kier alpha value is -2.07. The lowest BCUT2D eigenvalue weighted by atomic mass is 10.2. The zero-order chi connectivity index (χ0) is 13.8. The van der Waals surface area contributed by atoms with Gasteiger partial charge in [0.25, 0.3) is 5.91 Å². The molecule has 0 heterocycles. The minimum Gasteiger partial charge on any atom is -0.493 e. The predicted molar refractivity (Wildman–Crippen MR) is 72.4 cm³/mol. The molecule has 0 bridgehead atoms. The van der Waals surface area contributed by atoms with Crippen LogP contribution in [-0.4, -0.2) is 13.0 Å². The highest BCUT2D eigenvalue weighted by atomic mass is 35.5. The Bertz CT molecular complexity index is 616. The SMILES string of the molecule is COc1c(Cl)cccc1NC(=O)c1ccccc1F. The summed E-state index contributed by atoms with van der Waals surface area (Å²) in [5.41, 5.74) is 0.354. The van der Waals surface area contributed by atoms with E-state index >= 15 is 0 Å². The van der Waals surface area contributed by atoms with Gasteiger partial charge in [-0.3, -0.25) is 4.79 Å². The van der Waals surface area contributed by atoms with Gasteiger partial charge in [0.2, 0.25) is 0 Å². The molecular formula is C14H11ClFNO2. The fraction of sp³-hybridized carbons (Fsp3) is 0.0714. The van der Waals surface area contributed by atoms with E-state index in [1.165, 1.54) is 25.3 Å². The molecule has 0 aliphatic heterocycles. The summed E-state index contributed by atoms with van der Waals surface area (Å²) in [6, 6.07) is 10.7. The Balaban J connectivity index is 2.30. The van der Waals surface area contributed by atoms with Crippen LogP contribution in [0.25, 0.3) is 0 Å². The number of benzene rings is 2. The molecule has 0 atom stereocenters. The lowest BCUT2D eigenvalue weighted by molar-refractivity contribution is 0.102. The normalized spacial score (nSPS) is 10.1. The van der Waals surface area contributed by atoms with Crippen molar-refractivity contribution >= 4 is 23.2 Å². The molecule has 0 saturated carbocycles. The van der Waals surface area contributed by atoms with Crippen LogP contribution in [0.4, 0.5) is 10.1 Å². The number of carbonyl (C=O) groups excluding carboxylic acids is 1. The highest BCUT2D eigenvalue weighted by Gasteiger charge is 2.14. The number of anilines is 1. The number of para-hydroxylation sites is 1. The van der Waals surface area contributed by atoms with E-state index in [0.717, 1.165) is 0 Å². The van der Waals surface area contributed by atoms with Gasteiger partial charge in [0.1, 0.15) is 5.82 Å². The average Bonchev–Trinajstić information content (AvgIpc) is 2.39. The van der Waals surface area contributed by atoms with E-state index in [0.29, 0.717) is 16.5 Å². The monoisotopic (exact) mass is 279 g/mol. The van der Waals surface area contributed by atoms with Crippen LogP contribution in [0.5, 0.6) is 5.75 Å². The van der Waals surface area contributed by atoms with Gasteiger partial charge >= 0.3 is 0 Å². The van der Waals surface area contributed by atoms with Crippen molar-refractivity contribution in [1.29, 1.82) is 0 Å².